The van der Waals surface area contributed by atoms with Gasteiger partial charge in [-0.15, -0.1) is 12.4 Å². The Labute approximate surface area is 108 Å². The fraction of sp³-hybridized carbons (Fsp3) is 0.500. The van der Waals surface area contributed by atoms with Gasteiger partial charge in [0.1, 0.15) is 5.82 Å². The van der Waals surface area contributed by atoms with Crippen molar-refractivity contribution in [2.45, 2.75) is 32.7 Å². The maximum absolute atomic E-state index is 13.2. The zero-order chi connectivity index (χ0) is 11.4. The van der Waals surface area contributed by atoms with Crippen LogP contribution >= 0.6 is 24.0 Å². The molecule has 0 fully saturated rings. The van der Waals surface area contributed by atoms with Crippen molar-refractivity contribution < 1.29 is 4.39 Å². The fourth-order valence-corrected chi connectivity index (χ4v) is 1.54. The van der Waals surface area contributed by atoms with Gasteiger partial charge in [0, 0.05) is 6.04 Å². The van der Waals surface area contributed by atoms with Crippen LogP contribution in [0.1, 0.15) is 38.3 Å². The fourth-order valence-electron chi connectivity index (χ4n) is 1.42. The lowest BCUT2D eigenvalue weighted by Gasteiger charge is -2.13. The smallest absolute Gasteiger partial charge is 0.142 e. The first kappa shape index (κ1) is 15.7. The van der Waals surface area contributed by atoms with E-state index in [0.717, 1.165) is 18.4 Å². The Kier molecular flexibility index (Phi) is 6.96. The third-order valence-corrected chi connectivity index (χ3v) is 2.73. The monoisotopic (exact) mass is 265 g/mol. The first-order chi connectivity index (χ1) is 7.00. The standard InChI is InChI=1S/C12H17ClFN.ClH/c1-8(2)3-6-12(15)9-4-5-10(13)11(14)7-9;/h4-5,7-8,12H,3,6,15H2,1-2H3;1H/t12-;/m1./s1. The van der Waals surface area contributed by atoms with E-state index in [9.17, 15) is 4.39 Å². The molecule has 0 amide bonds. The number of hydrogen-bond acceptors (Lipinski definition) is 1. The molecule has 1 aromatic rings. The summed E-state index contributed by atoms with van der Waals surface area (Å²) >= 11 is 5.60. The highest BCUT2D eigenvalue weighted by Crippen LogP contribution is 2.22. The summed E-state index contributed by atoms with van der Waals surface area (Å²) in [5.41, 5.74) is 6.77. The van der Waals surface area contributed by atoms with E-state index in [1.165, 1.54) is 6.07 Å². The van der Waals surface area contributed by atoms with Gasteiger partial charge in [-0.25, -0.2) is 4.39 Å². The molecule has 4 heteroatoms. The van der Waals surface area contributed by atoms with E-state index in [2.05, 4.69) is 13.8 Å². The summed E-state index contributed by atoms with van der Waals surface area (Å²) in [7, 11) is 0. The van der Waals surface area contributed by atoms with Crippen LogP contribution in [0.2, 0.25) is 5.02 Å². The van der Waals surface area contributed by atoms with Crippen LogP contribution in [0.25, 0.3) is 0 Å². The minimum Gasteiger partial charge on any atom is -0.324 e. The van der Waals surface area contributed by atoms with E-state index in [-0.39, 0.29) is 23.5 Å². The quantitative estimate of drug-likeness (QED) is 0.862. The summed E-state index contributed by atoms with van der Waals surface area (Å²) in [6, 6.07) is 4.67. The molecule has 0 aliphatic heterocycles. The van der Waals surface area contributed by atoms with Gasteiger partial charge in [0.15, 0.2) is 0 Å². The second-order valence-electron chi connectivity index (χ2n) is 4.25. The molecule has 1 rings (SSSR count). The first-order valence-electron chi connectivity index (χ1n) is 5.21. The Morgan fingerprint density at radius 1 is 1.31 bits per heavy atom. The van der Waals surface area contributed by atoms with Crippen molar-refractivity contribution in [3.05, 3.63) is 34.6 Å². The maximum atomic E-state index is 13.2. The minimum atomic E-state index is -0.394. The molecule has 2 N–H and O–H groups in total. The zero-order valence-corrected chi connectivity index (χ0v) is 11.1. The summed E-state index contributed by atoms with van der Waals surface area (Å²) in [5.74, 6) is 0.224. The Bertz CT molecular complexity index is 329. The SMILES string of the molecule is CC(C)CC[C@@H](N)c1ccc(Cl)c(F)c1.Cl. The Morgan fingerprint density at radius 3 is 2.44 bits per heavy atom. The van der Waals surface area contributed by atoms with Crippen molar-refractivity contribution in [2.24, 2.45) is 11.7 Å². The number of hydrogen-bond donors (Lipinski definition) is 1. The predicted molar refractivity (Wildman–Crippen MR) is 69.7 cm³/mol. The molecule has 0 saturated carbocycles. The van der Waals surface area contributed by atoms with Crippen molar-refractivity contribution in [1.82, 2.24) is 0 Å². The molecule has 1 aromatic carbocycles. The van der Waals surface area contributed by atoms with Crippen LogP contribution in [0.5, 0.6) is 0 Å². The topological polar surface area (TPSA) is 26.0 Å². The van der Waals surface area contributed by atoms with Crippen LogP contribution in [0.15, 0.2) is 18.2 Å². The average molecular weight is 266 g/mol. The van der Waals surface area contributed by atoms with Crippen LogP contribution in [-0.2, 0) is 0 Å². The highest BCUT2D eigenvalue weighted by atomic mass is 35.5. The largest absolute Gasteiger partial charge is 0.324 e. The van der Waals surface area contributed by atoms with E-state index in [1.807, 2.05) is 0 Å². The Balaban J connectivity index is 0.00000225. The molecule has 0 saturated heterocycles. The summed E-state index contributed by atoms with van der Waals surface area (Å²) in [5, 5.41) is 0.148. The van der Waals surface area contributed by atoms with Crippen LogP contribution in [0.4, 0.5) is 4.39 Å². The number of nitrogens with two attached hydrogens (primary N) is 1. The summed E-state index contributed by atoms with van der Waals surface area (Å²) in [6.45, 7) is 4.30. The minimum absolute atomic E-state index is 0. The van der Waals surface area contributed by atoms with Gasteiger partial charge in [0.05, 0.1) is 5.02 Å². The molecule has 0 heterocycles. The lowest BCUT2D eigenvalue weighted by Crippen LogP contribution is -2.11. The Hall–Kier alpha value is -0.310. The van der Waals surface area contributed by atoms with Crippen LogP contribution in [-0.4, -0.2) is 0 Å². The maximum Gasteiger partial charge on any atom is 0.142 e. The van der Waals surface area contributed by atoms with E-state index >= 15 is 0 Å². The summed E-state index contributed by atoms with van der Waals surface area (Å²) < 4.78 is 13.2. The van der Waals surface area contributed by atoms with E-state index in [1.54, 1.807) is 12.1 Å². The molecule has 92 valence electrons. The number of benzene rings is 1. The highest BCUT2D eigenvalue weighted by molar-refractivity contribution is 6.30. The van der Waals surface area contributed by atoms with Crippen molar-refractivity contribution in [2.75, 3.05) is 0 Å². The second-order valence-corrected chi connectivity index (χ2v) is 4.66. The number of halogens is 3. The van der Waals surface area contributed by atoms with Crippen LogP contribution in [0.3, 0.4) is 0 Å². The second kappa shape index (κ2) is 7.10. The van der Waals surface area contributed by atoms with Crippen LogP contribution < -0.4 is 5.73 Å². The van der Waals surface area contributed by atoms with E-state index in [4.69, 9.17) is 17.3 Å². The lowest BCUT2D eigenvalue weighted by molar-refractivity contribution is 0.505. The molecular formula is C12H18Cl2FN. The van der Waals surface area contributed by atoms with Gasteiger partial charge in [-0.1, -0.05) is 31.5 Å². The highest BCUT2D eigenvalue weighted by Gasteiger charge is 2.09. The molecule has 0 unspecified atom stereocenters. The lowest BCUT2D eigenvalue weighted by atomic mass is 9.98. The van der Waals surface area contributed by atoms with Gasteiger partial charge in [0.25, 0.3) is 0 Å². The molecule has 1 atom stereocenters. The van der Waals surface area contributed by atoms with E-state index in [0.29, 0.717) is 5.92 Å². The molecule has 0 bridgehead atoms. The van der Waals surface area contributed by atoms with Gasteiger partial charge >= 0.3 is 0 Å². The van der Waals surface area contributed by atoms with Crippen molar-refractivity contribution in [3.63, 3.8) is 0 Å². The van der Waals surface area contributed by atoms with Gasteiger partial charge in [-0.3, -0.25) is 0 Å². The molecule has 0 aliphatic rings. The third-order valence-electron chi connectivity index (χ3n) is 2.43. The van der Waals surface area contributed by atoms with Gasteiger partial charge in [-0.05, 0) is 36.5 Å². The molecule has 0 spiro atoms. The molecule has 0 radical (unpaired) electrons. The normalized spacial score (nSPS) is 12.4. The van der Waals surface area contributed by atoms with Crippen LogP contribution in [0, 0.1) is 11.7 Å². The van der Waals surface area contributed by atoms with Gasteiger partial charge in [0.2, 0.25) is 0 Å². The zero-order valence-electron chi connectivity index (χ0n) is 9.54. The van der Waals surface area contributed by atoms with Crippen molar-refractivity contribution in [3.8, 4) is 0 Å². The van der Waals surface area contributed by atoms with E-state index < -0.39 is 5.82 Å². The summed E-state index contributed by atoms with van der Waals surface area (Å²) in [6.07, 6.45) is 1.92. The third kappa shape index (κ3) is 4.69. The van der Waals surface area contributed by atoms with Crippen molar-refractivity contribution in [1.29, 1.82) is 0 Å². The van der Waals surface area contributed by atoms with Gasteiger partial charge in [-0.2, -0.15) is 0 Å². The van der Waals surface area contributed by atoms with Gasteiger partial charge < -0.3 is 5.73 Å². The Morgan fingerprint density at radius 2 is 1.94 bits per heavy atom. The predicted octanol–water partition coefficient (Wildman–Crippen LogP) is 4.34. The average Bonchev–Trinajstić information content (AvgIpc) is 2.18. The molecule has 0 aromatic heterocycles. The molecule has 0 aliphatic carbocycles. The molecule has 16 heavy (non-hydrogen) atoms. The van der Waals surface area contributed by atoms with Crippen molar-refractivity contribution >= 4 is 24.0 Å². The molecular weight excluding hydrogens is 248 g/mol. The summed E-state index contributed by atoms with van der Waals surface area (Å²) in [4.78, 5) is 0. The number of rotatable bonds is 4. The molecule has 1 nitrogen and oxygen atoms in total. The first-order valence-corrected chi connectivity index (χ1v) is 5.59.